The van der Waals surface area contributed by atoms with Crippen molar-refractivity contribution in [2.24, 2.45) is 4.99 Å². The maximum Gasteiger partial charge on any atom is 0.129 e. The standard InChI is InChI=1S/C20H23NSi/c1-17(18-10-6-5-7-11-18)21-16-20-13-9-8-12-19(20)14-15-22(2,3)4/h5-13,16-17H,1-4H3. The van der Waals surface area contributed by atoms with Crippen LogP contribution < -0.4 is 0 Å². The fourth-order valence-corrected chi connectivity index (χ4v) is 2.50. The predicted molar refractivity (Wildman–Crippen MR) is 99.1 cm³/mol. The largest absolute Gasteiger partial charge is 0.285 e. The normalized spacial score (nSPS) is 12.7. The molecule has 0 saturated carbocycles. The number of rotatable bonds is 3. The minimum atomic E-state index is -1.37. The zero-order valence-corrected chi connectivity index (χ0v) is 14.8. The summed E-state index contributed by atoms with van der Waals surface area (Å²) >= 11 is 0. The Morgan fingerprint density at radius 1 is 0.955 bits per heavy atom. The molecule has 0 spiro atoms. The van der Waals surface area contributed by atoms with E-state index in [2.05, 4.69) is 79.4 Å². The van der Waals surface area contributed by atoms with Gasteiger partial charge in [-0.2, -0.15) is 0 Å². The molecule has 1 nitrogen and oxygen atoms in total. The third-order valence-corrected chi connectivity index (χ3v) is 4.13. The third kappa shape index (κ3) is 5.02. The molecule has 0 heterocycles. The molecule has 2 aromatic carbocycles. The zero-order chi connectivity index (χ0) is 16.0. The Labute approximate surface area is 135 Å². The lowest BCUT2D eigenvalue weighted by atomic mass is 10.1. The SMILES string of the molecule is CC(N=Cc1ccccc1C#C[Si](C)(C)C)c1ccccc1. The minimum absolute atomic E-state index is 0.152. The molecular formula is C20H23NSi. The fraction of sp³-hybridized carbons (Fsp3) is 0.250. The molecule has 0 aliphatic heterocycles. The van der Waals surface area contributed by atoms with Gasteiger partial charge in [0.05, 0.1) is 6.04 Å². The Morgan fingerprint density at radius 3 is 2.27 bits per heavy atom. The molecule has 0 saturated heterocycles. The van der Waals surface area contributed by atoms with Gasteiger partial charge in [-0.1, -0.05) is 74.1 Å². The van der Waals surface area contributed by atoms with Gasteiger partial charge in [-0.25, -0.2) is 0 Å². The van der Waals surface area contributed by atoms with Crippen LogP contribution in [0.2, 0.25) is 19.6 Å². The molecule has 0 radical (unpaired) electrons. The van der Waals surface area contributed by atoms with Crippen LogP contribution >= 0.6 is 0 Å². The first-order valence-corrected chi connectivity index (χ1v) is 11.2. The van der Waals surface area contributed by atoms with Crippen molar-refractivity contribution >= 4 is 14.3 Å². The lowest BCUT2D eigenvalue weighted by Gasteiger charge is -2.07. The summed E-state index contributed by atoms with van der Waals surface area (Å²) in [5.74, 6) is 3.34. The molecule has 0 bridgehead atoms. The molecule has 1 atom stereocenters. The van der Waals surface area contributed by atoms with Gasteiger partial charge in [-0.3, -0.25) is 4.99 Å². The van der Waals surface area contributed by atoms with Gasteiger partial charge in [-0.05, 0) is 18.6 Å². The van der Waals surface area contributed by atoms with Crippen LogP contribution in [-0.2, 0) is 0 Å². The highest BCUT2D eigenvalue weighted by Gasteiger charge is 2.08. The summed E-state index contributed by atoms with van der Waals surface area (Å²) < 4.78 is 0. The van der Waals surface area contributed by atoms with Gasteiger partial charge in [0.25, 0.3) is 0 Å². The van der Waals surface area contributed by atoms with E-state index in [1.807, 2.05) is 24.4 Å². The van der Waals surface area contributed by atoms with E-state index in [1.54, 1.807) is 0 Å². The highest BCUT2D eigenvalue weighted by atomic mass is 28.3. The van der Waals surface area contributed by atoms with Gasteiger partial charge >= 0.3 is 0 Å². The van der Waals surface area contributed by atoms with E-state index in [0.717, 1.165) is 11.1 Å². The monoisotopic (exact) mass is 305 g/mol. The quantitative estimate of drug-likeness (QED) is 0.425. The van der Waals surface area contributed by atoms with Crippen LogP contribution in [0.4, 0.5) is 0 Å². The van der Waals surface area contributed by atoms with Crippen molar-refractivity contribution in [1.82, 2.24) is 0 Å². The van der Waals surface area contributed by atoms with Crippen molar-refractivity contribution in [1.29, 1.82) is 0 Å². The van der Waals surface area contributed by atoms with Crippen molar-refractivity contribution in [3.8, 4) is 11.5 Å². The Bertz CT molecular complexity index is 700. The van der Waals surface area contributed by atoms with Crippen molar-refractivity contribution in [2.45, 2.75) is 32.6 Å². The summed E-state index contributed by atoms with van der Waals surface area (Å²) in [7, 11) is -1.37. The van der Waals surface area contributed by atoms with Crippen molar-refractivity contribution in [2.75, 3.05) is 0 Å². The topological polar surface area (TPSA) is 12.4 Å². The van der Waals surface area contributed by atoms with Crippen molar-refractivity contribution in [3.05, 3.63) is 71.3 Å². The van der Waals surface area contributed by atoms with Crippen LogP contribution in [0.1, 0.15) is 29.7 Å². The molecule has 2 heteroatoms. The molecule has 2 rings (SSSR count). The van der Waals surface area contributed by atoms with Crippen LogP contribution in [0.15, 0.2) is 59.6 Å². The van der Waals surface area contributed by atoms with Crippen LogP contribution in [0.3, 0.4) is 0 Å². The number of nitrogens with zero attached hydrogens (tertiary/aromatic N) is 1. The lowest BCUT2D eigenvalue weighted by molar-refractivity contribution is 0.825. The van der Waals surface area contributed by atoms with Crippen LogP contribution in [-0.4, -0.2) is 14.3 Å². The zero-order valence-electron chi connectivity index (χ0n) is 13.8. The predicted octanol–water partition coefficient (Wildman–Crippen LogP) is 5.10. The highest BCUT2D eigenvalue weighted by Crippen LogP contribution is 2.16. The Balaban J connectivity index is 2.23. The maximum absolute atomic E-state index is 4.69. The van der Waals surface area contributed by atoms with E-state index >= 15 is 0 Å². The van der Waals surface area contributed by atoms with E-state index in [0.29, 0.717) is 0 Å². The number of hydrogen-bond acceptors (Lipinski definition) is 1. The van der Waals surface area contributed by atoms with Gasteiger partial charge in [0.1, 0.15) is 8.07 Å². The molecule has 2 aromatic rings. The van der Waals surface area contributed by atoms with Crippen molar-refractivity contribution in [3.63, 3.8) is 0 Å². The smallest absolute Gasteiger partial charge is 0.129 e. The first kappa shape index (κ1) is 16.3. The molecule has 0 aromatic heterocycles. The van der Waals surface area contributed by atoms with Gasteiger partial charge in [-0.15, -0.1) is 5.54 Å². The van der Waals surface area contributed by atoms with E-state index in [4.69, 9.17) is 0 Å². The minimum Gasteiger partial charge on any atom is -0.285 e. The average molecular weight is 305 g/mol. The molecule has 112 valence electrons. The Hall–Kier alpha value is -2.11. The number of benzene rings is 2. The second-order valence-corrected chi connectivity index (χ2v) is 11.2. The molecule has 0 N–H and O–H groups in total. The summed E-state index contributed by atoms with van der Waals surface area (Å²) in [6, 6.07) is 18.7. The number of hydrogen-bond donors (Lipinski definition) is 0. The third-order valence-electron chi connectivity index (χ3n) is 3.25. The number of aliphatic imine (C=N–C) groups is 1. The molecular weight excluding hydrogens is 282 g/mol. The van der Waals surface area contributed by atoms with Crippen LogP contribution in [0.25, 0.3) is 0 Å². The van der Waals surface area contributed by atoms with Gasteiger partial charge in [0.2, 0.25) is 0 Å². The highest BCUT2D eigenvalue weighted by molar-refractivity contribution is 6.83. The molecule has 0 fully saturated rings. The summed E-state index contributed by atoms with van der Waals surface area (Å²) in [5, 5.41) is 0. The van der Waals surface area contributed by atoms with Gasteiger partial charge in [0, 0.05) is 17.3 Å². The van der Waals surface area contributed by atoms with Gasteiger partial charge < -0.3 is 0 Å². The Morgan fingerprint density at radius 2 is 1.59 bits per heavy atom. The lowest BCUT2D eigenvalue weighted by Crippen LogP contribution is -2.16. The summed E-state index contributed by atoms with van der Waals surface area (Å²) in [5.41, 5.74) is 6.81. The second-order valence-electron chi connectivity index (χ2n) is 6.45. The molecule has 1 unspecified atom stereocenters. The van der Waals surface area contributed by atoms with Crippen molar-refractivity contribution < 1.29 is 0 Å². The summed E-state index contributed by atoms with van der Waals surface area (Å²) in [4.78, 5) is 4.69. The average Bonchev–Trinajstić information content (AvgIpc) is 2.51. The van der Waals surface area contributed by atoms with Crippen LogP contribution in [0.5, 0.6) is 0 Å². The second kappa shape index (κ2) is 7.24. The van der Waals surface area contributed by atoms with Gasteiger partial charge in [0.15, 0.2) is 0 Å². The molecule has 22 heavy (non-hydrogen) atoms. The van der Waals surface area contributed by atoms with Crippen LogP contribution in [0, 0.1) is 11.5 Å². The summed E-state index contributed by atoms with van der Waals surface area (Å²) in [6.07, 6.45) is 1.95. The van der Waals surface area contributed by atoms with E-state index in [-0.39, 0.29) is 6.04 Å². The van der Waals surface area contributed by atoms with E-state index in [9.17, 15) is 0 Å². The van der Waals surface area contributed by atoms with E-state index < -0.39 is 8.07 Å². The van der Waals surface area contributed by atoms with E-state index in [1.165, 1.54) is 5.56 Å². The molecule has 0 aliphatic carbocycles. The summed E-state index contributed by atoms with van der Waals surface area (Å²) in [6.45, 7) is 8.89. The Kier molecular flexibility index (Phi) is 5.35. The fourth-order valence-electron chi connectivity index (χ4n) is 1.99. The first-order chi connectivity index (χ1) is 10.5. The molecule has 0 amide bonds. The molecule has 0 aliphatic rings. The first-order valence-electron chi connectivity index (χ1n) is 7.66. The maximum atomic E-state index is 4.69.